The van der Waals surface area contributed by atoms with Crippen molar-refractivity contribution in [3.8, 4) is 0 Å². The third-order valence-electron chi connectivity index (χ3n) is 5.17. The van der Waals surface area contributed by atoms with Crippen LogP contribution >= 0.6 is 0 Å². The monoisotopic (exact) mass is 459 g/mol. The molecule has 0 aromatic heterocycles. The molecule has 0 unspecified atom stereocenters. The Balaban J connectivity index is 2.23. The van der Waals surface area contributed by atoms with Gasteiger partial charge in [0.25, 0.3) is 0 Å². The standard InChI is InChI=1S/C24H33N3O4S/c1-4-5-16-25-24(29)20(2)27(18-22-14-10-7-11-15-22)23(28)19-26(32(3,30)31)17-21-12-8-6-9-13-21/h6-15,20H,4-5,16-19H2,1-3H3,(H,25,29)/t20-/m1/s1. The van der Waals surface area contributed by atoms with Crippen LogP contribution in [-0.2, 0) is 32.7 Å². The van der Waals surface area contributed by atoms with E-state index in [1.165, 1.54) is 4.90 Å². The normalized spacial score (nSPS) is 12.4. The van der Waals surface area contributed by atoms with Gasteiger partial charge in [0.2, 0.25) is 21.8 Å². The quantitative estimate of drug-likeness (QED) is 0.495. The van der Waals surface area contributed by atoms with Gasteiger partial charge in [-0.3, -0.25) is 9.59 Å². The predicted molar refractivity (Wildman–Crippen MR) is 126 cm³/mol. The molecule has 2 aromatic carbocycles. The van der Waals surface area contributed by atoms with E-state index in [-0.39, 0.29) is 25.5 Å². The Hall–Kier alpha value is -2.71. The van der Waals surface area contributed by atoms with Gasteiger partial charge in [0.1, 0.15) is 6.04 Å². The summed E-state index contributed by atoms with van der Waals surface area (Å²) in [5, 5.41) is 2.86. The largest absolute Gasteiger partial charge is 0.354 e. The number of nitrogens with zero attached hydrogens (tertiary/aromatic N) is 2. The minimum absolute atomic E-state index is 0.0850. The molecule has 0 aliphatic heterocycles. The van der Waals surface area contributed by atoms with Crippen molar-refractivity contribution in [2.45, 2.75) is 45.8 Å². The van der Waals surface area contributed by atoms with Crippen molar-refractivity contribution in [3.63, 3.8) is 0 Å². The maximum atomic E-state index is 13.3. The highest BCUT2D eigenvalue weighted by Crippen LogP contribution is 2.13. The first kappa shape index (κ1) is 25.5. The molecule has 0 saturated heterocycles. The first-order valence-corrected chi connectivity index (χ1v) is 12.7. The van der Waals surface area contributed by atoms with Crippen LogP contribution in [0, 0.1) is 0 Å². The number of nitrogens with one attached hydrogen (secondary N) is 1. The van der Waals surface area contributed by atoms with Crippen molar-refractivity contribution in [2.24, 2.45) is 0 Å². The van der Waals surface area contributed by atoms with E-state index in [2.05, 4.69) is 5.32 Å². The minimum Gasteiger partial charge on any atom is -0.354 e. The molecule has 2 rings (SSSR count). The summed E-state index contributed by atoms with van der Waals surface area (Å²) in [6.07, 6.45) is 2.89. The summed E-state index contributed by atoms with van der Waals surface area (Å²) < 4.78 is 26.0. The number of carbonyl (C=O) groups is 2. The molecule has 7 nitrogen and oxygen atoms in total. The van der Waals surface area contributed by atoms with Crippen molar-refractivity contribution in [1.82, 2.24) is 14.5 Å². The molecule has 174 valence electrons. The Kier molecular flexibility index (Phi) is 9.87. The van der Waals surface area contributed by atoms with Crippen LogP contribution in [0.2, 0.25) is 0 Å². The van der Waals surface area contributed by atoms with Crippen molar-refractivity contribution >= 4 is 21.8 Å². The molecular formula is C24H33N3O4S. The van der Waals surface area contributed by atoms with Crippen LogP contribution in [0.1, 0.15) is 37.8 Å². The van der Waals surface area contributed by atoms with E-state index in [0.29, 0.717) is 6.54 Å². The van der Waals surface area contributed by atoms with Crippen LogP contribution in [0.15, 0.2) is 60.7 Å². The maximum Gasteiger partial charge on any atom is 0.242 e. The molecule has 0 fully saturated rings. The first-order valence-electron chi connectivity index (χ1n) is 10.8. The topological polar surface area (TPSA) is 86.8 Å². The molecule has 0 spiro atoms. The number of rotatable bonds is 12. The summed E-state index contributed by atoms with van der Waals surface area (Å²) in [6, 6.07) is 17.7. The summed E-state index contributed by atoms with van der Waals surface area (Å²) in [7, 11) is -3.64. The van der Waals surface area contributed by atoms with Crippen molar-refractivity contribution in [1.29, 1.82) is 0 Å². The predicted octanol–water partition coefficient (Wildman–Crippen LogP) is 2.78. The van der Waals surface area contributed by atoms with E-state index in [1.807, 2.05) is 67.6 Å². The molecule has 0 heterocycles. The van der Waals surface area contributed by atoms with E-state index in [1.54, 1.807) is 6.92 Å². The zero-order chi connectivity index (χ0) is 23.6. The van der Waals surface area contributed by atoms with Gasteiger partial charge in [0.05, 0.1) is 12.8 Å². The van der Waals surface area contributed by atoms with Gasteiger partial charge in [-0.15, -0.1) is 0 Å². The Bertz CT molecular complexity index is 965. The highest BCUT2D eigenvalue weighted by molar-refractivity contribution is 7.88. The van der Waals surface area contributed by atoms with Gasteiger partial charge < -0.3 is 10.2 Å². The van der Waals surface area contributed by atoms with Crippen molar-refractivity contribution in [2.75, 3.05) is 19.3 Å². The highest BCUT2D eigenvalue weighted by Gasteiger charge is 2.29. The third-order valence-corrected chi connectivity index (χ3v) is 6.37. The number of carbonyl (C=O) groups excluding carboxylic acids is 2. The van der Waals surface area contributed by atoms with E-state index < -0.39 is 22.0 Å². The van der Waals surface area contributed by atoms with E-state index in [4.69, 9.17) is 0 Å². The van der Waals surface area contributed by atoms with Crippen molar-refractivity contribution < 1.29 is 18.0 Å². The Morgan fingerprint density at radius 1 is 0.938 bits per heavy atom. The molecule has 0 radical (unpaired) electrons. The Morgan fingerprint density at radius 2 is 1.47 bits per heavy atom. The Labute approximate surface area is 191 Å². The molecule has 1 atom stereocenters. The van der Waals surface area contributed by atoms with Gasteiger partial charge in [0.15, 0.2) is 0 Å². The number of sulfonamides is 1. The Morgan fingerprint density at radius 3 is 1.97 bits per heavy atom. The molecule has 8 heteroatoms. The van der Waals surface area contributed by atoms with Gasteiger partial charge in [-0.1, -0.05) is 74.0 Å². The fourth-order valence-electron chi connectivity index (χ4n) is 3.22. The molecule has 0 bridgehead atoms. The third kappa shape index (κ3) is 8.09. The molecule has 2 aromatic rings. The summed E-state index contributed by atoms with van der Waals surface area (Å²) in [5.41, 5.74) is 1.65. The fraction of sp³-hybridized carbons (Fsp3) is 0.417. The van der Waals surface area contributed by atoms with Gasteiger partial charge in [-0.25, -0.2) is 8.42 Å². The van der Waals surface area contributed by atoms with Crippen LogP contribution in [0.3, 0.4) is 0 Å². The summed E-state index contributed by atoms with van der Waals surface area (Å²) in [6.45, 7) is 4.20. The van der Waals surface area contributed by atoms with E-state index in [0.717, 1.165) is 34.5 Å². The average Bonchev–Trinajstić information content (AvgIpc) is 2.77. The molecule has 2 amide bonds. The molecule has 1 N–H and O–H groups in total. The van der Waals surface area contributed by atoms with Crippen LogP contribution in [-0.4, -0.2) is 54.8 Å². The minimum atomic E-state index is -3.64. The lowest BCUT2D eigenvalue weighted by Crippen LogP contribution is -2.51. The summed E-state index contributed by atoms with van der Waals surface area (Å²) in [4.78, 5) is 27.4. The second kappa shape index (κ2) is 12.4. The number of hydrogen-bond acceptors (Lipinski definition) is 4. The lowest BCUT2D eigenvalue weighted by atomic mass is 10.1. The second-order valence-corrected chi connectivity index (χ2v) is 9.83. The zero-order valence-electron chi connectivity index (χ0n) is 19.0. The van der Waals surface area contributed by atoms with Crippen LogP contribution in [0.4, 0.5) is 0 Å². The maximum absolute atomic E-state index is 13.3. The average molecular weight is 460 g/mol. The van der Waals surface area contributed by atoms with Crippen LogP contribution < -0.4 is 5.32 Å². The number of unbranched alkanes of at least 4 members (excludes halogenated alkanes) is 1. The van der Waals surface area contributed by atoms with Gasteiger partial charge in [0, 0.05) is 19.6 Å². The number of amides is 2. The summed E-state index contributed by atoms with van der Waals surface area (Å²) >= 11 is 0. The number of benzene rings is 2. The second-order valence-electron chi connectivity index (χ2n) is 7.84. The van der Waals surface area contributed by atoms with Crippen LogP contribution in [0.25, 0.3) is 0 Å². The lowest BCUT2D eigenvalue weighted by Gasteiger charge is -2.31. The fourth-order valence-corrected chi connectivity index (χ4v) is 3.95. The highest BCUT2D eigenvalue weighted by atomic mass is 32.2. The lowest BCUT2D eigenvalue weighted by molar-refractivity contribution is -0.140. The first-order chi connectivity index (χ1) is 15.2. The smallest absolute Gasteiger partial charge is 0.242 e. The number of hydrogen-bond donors (Lipinski definition) is 1. The van der Waals surface area contributed by atoms with Gasteiger partial charge >= 0.3 is 0 Å². The van der Waals surface area contributed by atoms with Crippen molar-refractivity contribution in [3.05, 3.63) is 71.8 Å². The van der Waals surface area contributed by atoms with Gasteiger partial charge in [-0.05, 0) is 24.5 Å². The van der Waals surface area contributed by atoms with E-state index >= 15 is 0 Å². The molecule has 0 saturated carbocycles. The molecule has 0 aliphatic rings. The zero-order valence-corrected chi connectivity index (χ0v) is 19.8. The van der Waals surface area contributed by atoms with Gasteiger partial charge in [-0.2, -0.15) is 4.31 Å². The molecule has 32 heavy (non-hydrogen) atoms. The summed E-state index contributed by atoms with van der Waals surface area (Å²) in [5.74, 6) is -0.676. The molecular weight excluding hydrogens is 426 g/mol. The SMILES string of the molecule is CCCCNC(=O)[C@@H](C)N(Cc1ccccc1)C(=O)CN(Cc1ccccc1)S(C)(=O)=O. The molecule has 0 aliphatic carbocycles. The van der Waals surface area contributed by atoms with E-state index in [9.17, 15) is 18.0 Å². The van der Waals surface area contributed by atoms with Crippen LogP contribution in [0.5, 0.6) is 0 Å².